The van der Waals surface area contributed by atoms with E-state index in [1.165, 1.54) is 32.1 Å². The largest absolute Gasteiger partial charge is 0.342 e. The molecule has 0 bridgehead atoms. The molecule has 0 aromatic rings. The number of carbonyl (C=O) groups is 1. The summed E-state index contributed by atoms with van der Waals surface area (Å²) >= 11 is 0. The second kappa shape index (κ2) is 7.73. The van der Waals surface area contributed by atoms with Crippen molar-refractivity contribution in [2.75, 3.05) is 13.1 Å². The van der Waals surface area contributed by atoms with Crippen molar-refractivity contribution in [2.24, 2.45) is 11.8 Å². The third kappa shape index (κ3) is 5.10. The smallest absolute Gasteiger partial charge is 0.222 e. The van der Waals surface area contributed by atoms with Gasteiger partial charge in [-0.15, -0.1) is 0 Å². The van der Waals surface area contributed by atoms with E-state index in [1.807, 2.05) is 0 Å². The van der Waals surface area contributed by atoms with Crippen molar-refractivity contribution in [3.8, 4) is 0 Å². The molecule has 1 saturated heterocycles. The lowest BCUT2D eigenvalue weighted by molar-refractivity contribution is -0.133. The number of rotatable bonds is 6. The molecule has 1 heterocycles. The van der Waals surface area contributed by atoms with E-state index >= 15 is 0 Å². The van der Waals surface area contributed by atoms with Gasteiger partial charge in [-0.1, -0.05) is 40.0 Å². The van der Waals surface area contributed by atoms with Crippen molar-refractivity contribution in [3.05, 3.63) is 0 Å². The van der Waals surface area contributed by atoms with Gasteiger partial charge in [-0.3, -0.25) is 4.79 Å². The predicted molar refractivity (Wildman–Crippen MR) is 72.9 cm³/mol. The van der Waals surface area contributed by atoms with Crippen LogP contribution in [-0.4, -0.2) is 23.9 Å². The van der Waals surface area contributed by atoms with Crippen LogP contribution in [0.1, 0.15) is 65.7 Å². The second-order valence-corrected chi connectivity index (χ2v) is 5.69. The molecule has 1 amide bonds. The molecule has 0 aromatic carbocycles. The van der Waals surface area contributed by atoms with E-state index < -0.39 is 0 Å². The van der Waals surface area contributed by atoms with Crippen LogP contribution in [0.15, 0.2) is 0 Å². The molecule has 2 atom stereocenters. The fourth-order valence-corrected chi connectivity index (χ4v) is 2.79. The SMILES string of the molecule is CCCC(C)CCC(=O)N1CCCC(CC)C1. The van der Waals surface area contributed by atoms with Crippen molar-refractivity contribution < 1.29 is 4.79 Å². The number of hydrogen-bond donors (Lipinski definition) is 0. The summed E-state index contributed by atoms with van der Waals surface area (Å²) in [7, 11) is 0. The average molecular weight is 239 g/mol. The lowest BCUT2D eigenvalue weighted by Gasteiger charge is -2.32. The Balaban J connectivity index is 2.27. The van der Waals surface area contributed by atoms with Crippen LogP contribution in [0.3, 0.4) is 0 Å². The summed E-state index contributed by atoms with van der Waals surface area (Å²) in [5.41, 5.74) is 0. The molecule has 1 aliphatic heterocycles. The summed E-state index contributed by atoms with van der Waals surface area (Å²) in [6.45, 7) is 8.73. The summed E-state index contributed by atoms with van der Waals surface area (Å²) in [6.07, 6.45) is 8.05. The minimum Gasteiger partial charge on any atom is -0.342 e. The fourth-order valence-electron chi connectivity index (χ4n) is 2.79. The number of piperidine rings is 1. The number of amides is 1. The molecule has 1 fully saturated rings. The van der Waals surface area contributed by atoms with Crippen LogP contribution in [0.4, 0.5) is 0 Å². The van der Waals surface area contributed by atoms with Crippen molar-refractivity contribution in [2.45, 2.75) is 65.7 Å². The highest BCUT2D eigenvalue weighted by Crippen LogP contribution is 2.21. The third-order valence-corrected chi connectivity index (χ3v) is 4.08. The van der Waals surface area contributed by atoms with Gasteiger partial charge in [0.25, 0.3) is 0 Å². The van der Waals surface area contributed by atoms with E-state index in [0.29, 0.717) is 11.8 Å². The maximum Gasteiger partial charge on any atom is 0.222 e. The zero-order valence-corrected chi connectivity index (χ0v) is 11.9. The Hall–Kier alpha value is -0.530. The molecule has 2 heteroatoms. The van der Waals surface area contributed by atoms with E-state index in [0.717, 1.165) is 31.8 Å². The monoisotopic (exact) mass is 239 g/mol. The highest BCUT2D eigenvalue weighted by Gasteiger charge is 2.22. The molecule has 2 nitrogen and oxygen atoms in total. The molecule has 0 aliphatic carbocycles. The predicted octanol–water partition coefficient (Wildman–Crippen LogP) is 3.85. The van der Waals surface area contributed by atoms with E-state index in [-0.39, 0.29) is 0 Å². The van der Waals surface area contributed by atoms with Gasteiger partial charge in [-0.05, 0) is 31.1 Å². The van der Waals surface area contributed by atoms with Crippen LogP contribution in [0.25, 0.3) is 0 Å². The first-order valence-electron chi connectivity index (χ1n) is 7.45. The van der Waals surface area contributed by atoms with Gasteiger partial charge in [-0.25, -0.2) is 0 Å². The quantitative estimate of drug-likeness (QED) is 0.689. The van der Waals surface area contributed by atoms with Crippen LogP contribution in [0, 0.1) is 11.8 Å². The maximum atomic E-state index is 12.1. The average Bonchev–Trinajstić information content (AvgIpc) is 2.36. The fraction of sp³-hybridized carbons (Fsp3) is 0.933. The van der Waals surface area contributed by atoms with Gasteiger partial charge in [0.1, 0.15) is 0 Å². The van der Waals surface area contributed by atoms with Crippen LogP contribution in [-0.2, 0) is 4.79 Å². The van der Waals surface area contributed by atoms with Crippen molar-refractivity contribution >= 4 is 5.91 Å². The molecule has 1 rings (SSSR count). The number of carbonyl (C=O) groups excluding carboxylic acids is 1. The van der Waals surface area contributed by atoms with Gasteiger partial charge in [0.2, 0.25) is 5.91 Å². The minimum atomic E-state index is 0.395. The first-order chi connectivity index (χ1) is 8.17. The summed E-state index contributed by atoms with van der Waals surface area (Å²) in [6, 6.07) is 0. The highest BCUT2D eigenvalue weighted by molar-refractivity contribution is 5.76. The van der Waals surface area contributed by atoms with E-state index in [1.54, 1.807) is 0 Å². The summed E-state index contributed by atoms with van der Waals surface area (Å²) < 4.78 is 0. The van der Waals surface area contributed by atoms with Crippen LogP contribution in [0.5, 0.6) is 0 Å². The van der Waals surface area contributed by atoms with Gasteiger partial charge < -0.3 is 4.90 Å². The van der Waals surface area contributed by atoms with Crippen molar-refractivity contribution in [3.63, 3.8) is 0 Å². The molecule has 0 radical (unpaired) electrons. The van der Waals surface area contributed by atoms with Gasteiger partial charge in [-0.2, -0.15) is 0 Å². The van der Waals surface area contributed by atoms with Gasteiger partial charge >= 0.3 is 0 Å². The Morgan fingerprint density at radius 3 is 2.76 bits per heavy atom. The highest BCUT2D eigenvalue weighted by atomic mass is 16.2. The van der Waals surface area contributed by atoms with Crippen LogP contribution < -0.4 is 0 Å². The topological polar surface area (TPSA) is 20.3 Å². The van der Waals surface area contributed by atoms with Gasteiger partial charge in [0.05, 0.1) is 0 Å². The number of likely N-dealkylation sites (tertiary alicyclic amines) is 1. The standard InChI is InChI=1S/C15H29NO/c1-4-7-13(3)9-10-15(17)16-11-6-8-14(5-2)12-16/h13-14H,4-12H2,1-3H3. The van der Waals surface area contributed by atoms with E-state index in [9.17, 15) is 4.79 Å². The number of hydrogen-bond acceptors (Lipinski definition) is 1. The van der Waals surface area contributed by atoms with Crippen molar-refractivity contribution in [1.29, 1.82) is 0 Å². The molecule has 0 saturated carbocycles. The van der Waals surface area contributed by atoms with Gasteiger partial charge in [0, 0.05) is 19.5 Å². The molecular weight excluding hydrogens is 210 g/mol. The molecule has 0 spiro atoms. The van der Waals surface area contributed by atoms with Crippen LogP contribution in [0.2, 0.25) is 0 Å². The molecule has 1 aliphatic rings. The molecular formula is C15H29NO. The first-order valence-corrected chi connectivity index (χ1v) is 7.45. The Labute approximate surface area is 107 Å². The van der Waals surface area contributed by atoms with E-state index in [4.69, 9.17) is 0 Å². The molecule has 2 unspecified atom stereocenters. The molecule has 17 heavy (non-hydrogen) atoms. The Kier molecular flexibility index (Phi) is 6.61. The zero-order chi connectivity index (χ0) is 12.7. The summed E-state index contributed by atoms with van der Waals surface area (Å²) in [5, 5.41) is 0. The normalized spacial score (nSPS) is 22.5. The van der Waals surface area contributed by atoms with Crippen molar-refractivity contribution in [1.82, 2.24) is 4.90 Å². The minimum absolute atomic E-state index is 0.395. The molecule has 0 aromatic heterocycles. The summed E-state index contributed by atoms with van der Waals surface area (Å²) in [5.74, 6) is 1.85. The Bertz CT molecular complexity index is 227. The summed E-state index contributed by atoms with van der Waals surface area (Å²) in [4.78, 5) is 14.2. The molecule has 100 valence electrons. The number of nitrogens with zero attached hydrogens (tertiary/aromatic N) is 1. The van der Waals surface area contributed by atoms with E-state index in [2.05, 4.69) is 25.7 Å². The lowest BCUT2D eigenvalue weighted by Crippen LogP contribution is -2.39. The van der Waals surface area contributed by atoms with Crippen LogP contribution >= 0.6 is 0 Å². The Morgan fingerprint density at radius 2 is 2.12 bits per heavy atom. The second-order valence-electron chi connectivity index (χ2n) is 5.69. The lowest BCUT2D eigenvalue weighted by atomic mass is 9.94. The third-order valence-electron chi connectivity index (χ3n) is 4.08. The maximum absolute atomic E-state index is 12.1. The Morgan fingerprint density at radius 1 is 1.35 bits per heavy atom. The molecule has 0 N–H and O–H groups in total. The van der Waals surface area contributed by atoms with Gasteiger partial charge in [0.15, 0.2) is 0 Å². The first kappa shape index (κ1) is 14.5. The zero-order valence-electron chi connectivity index (χ0n) is 11.9.